The van der Waals surface area contributed by atoms with Crippen molar-refractivity contribution in [2.45, 2.75) is 18.9 Å². The lowest BCUT2D eigenvalue weighted by molar-refractivity contribution is 0.115. The number of amides is 2. The van der Waals surface area contributed by atoms with E-state index in [1.165, 1.54) is 0 Å². The summed E-state index contributed by atoms with van der Waals surface area (Å²) < 4.78 is 5.93. The molecular formula is C17H18ClN3O2. The summed E-state index contributed by atoms with van der Waals surface area (Å²) in [4.78, 5) is 18.0. The van der Waals surface area contributed by atoms with E-state index in [-0.39, 0.29) is 12.1 Å². The summed E-state index contributed by atoms with van der Waals surface area (Å²) in [6, 6.07) is 13.1. The number of nitrogens with one attached hydrogen (secondary N) is 1. The summed E-state index contributed by atoms with van der Waals surface area (Å²) in [5.74, 6) is 0.873. The molecule has 0 saturated carbocycles. The van der Waals surface area contributed by atoms with Crippen LogP contribution >= 0.6 is 11.6 Å². The Labute approximate surface area is 140 Å². The largest absolute Gasteiger partial charge is 0.490 e. The summed E-state index contributed by atoms with van der Waals surface area (Å²) in [6.07, 6.45) is 3.35. The minimum Gasteiger partial charge on any atom is -0.490 e. The highest BCUT2D eigenvalue weighted by Crippen LogP contribution is 2.21. The number of hydrogen-bond donors (Lipinski definition) is 1. The Morgan fingerprint density at radius 1 is 1.17 bits per heavy atom. The molecule has 6 heteroatoms. The minimum absolute atomic E-state index is 0.142. The van der Waals surface area contributed by atoms with Crippen LogP contribution in [-0.2, 0) is 0 Å². The average molecular weight is 332 g/mol. The van der Waals surface area contributed by atoms with Crippen molar-refractivity contribution in [1.29, 1.82) is 0 Å². The zero-order valence-corrected chi connectivity index (χ0v) is 13.4. The van der Waals surface area contributed by atoms with E-state index in [1.807, 2.05) is 30.3 Å². The number of hydrogen-bond acceptors (Lipinski definition) is 3. The summed E-state index contributed by atoms with van der Waals surface area (Å²) in [5.41, 5.74) is 0.529. The molecule has 1 aromatic heterocycles. The van der Waals surface area contributed by atoms with Gasteiger partial charge in [-0.2, -0.15) is 0 Å². The summed E-state index contributed by atoms with van der Waals surface area (Å²) in [6.45, 7) is 1.31. The van der Waals surface area contributed by atoms with Crippen molar-refractivity contribution in [3.05, 3.63) is 53.8 Å². The number of likely N-dealkylation sites (tertiary alicyclic amines) is 1. The SMILES string of the molecule is O=C(Nc1cccnc1Cl)N1CCC(Oc2ccccc2)CC1. The molecule has 1 aromatic carbocycles. The highest BCUT2D eigenvalue weighted by atomic mass is 35.5. The highest BCUT2D eigenvalue weighted by Gasteiger charge is 2.24. The number of para-hydroxylation sites is 1. The van der Waals surface area contributed by atoms with Crippen molar-refractivity contribution in [3.8, 4) is 5.75 Å². The van der Waals surface area contributed by atoms with Gasteiger partial charge >= 0.3 is 6.03 Å². The molecule has 0 atom stereocenters. The van der Waals surface area contributed by atoms with E-state index in [2.05, 4.69) is 10.3 Å². The highest BCUT2D eigenvalue weighted by molar-refractivity contribution is 6.32. The number of ether oxygens (including phenoxy) is 1. The van der Waals surface area contributed by atoms with E-state index in [0.29, 0.717) is 23.9 Å². The van der Waals surface area contributed by atoms with Gasteiger partial charge in [-0.1, -0.05) is 29.8 Å². The first kappa shape index (κ1) is 15.6. The van der Waals surface area contributed by atoms with E-state index >= 15 is 0 Å². The van der Waals surface area contributed by atoms with Crippen LogP contribution in [0.25, 0.3) is 0 Å². The predicted molar refractivity (Wildman–Crippen MR) is 89.9 cm³/mol. The Morgan fingerprint density at radius 3 is 2.61 bits per heavy atom. The molecule has 0 aliphatic carbocycles. The monoisotopic (exact) mass is 331 g/mol. The fourth-order valence-corrected chi connectivity index (χ4v) is 2.71. The lowest BCUT2D eigenvalue weighted by Gasteiger charge is -2.32. The number of anilines is 1. The van der Waals surface area contributed by atoms with Crippen molar-refractivity contribution >= 4 is 23.3 Å². The fraction of sp³-hybridized carbons (Fsp3) is 0.294. The van der Waals surface area contributed by atoms with Crippen LogP contribution < -0.4 is 10.1 Å². The second-order valence-corrected chi connectivity index (χ2v) is 5.75. The number of piperidine rings is 1. The van der Waals surface area contributed by atoms with Crippen LogP contribution in [0.2, 0.25) is 5.15 Å². The van der Waals surface area contributed by atoms with E-state index in [0.717, 1.165) is 18.6 Å². The Bertz CT molecular complexity index is 658. The maximum Gasteiger partial charge on any atom is 0.321 e. The number of urea groups is 1. The van der Waals surface area contributed by atoms with Crippen molar-refractivity contribution in [2.75, 3.05) is 18.4 Å². The third-order valence-electron chi connectivity index (χ3n) is 3.78. The predicted octanol–water partition coefficient (Wildman–Crippen LogP) is 3.81. The summed E-state index contributed by atoms with van der Waals surface area (Å²) >= 11 is 5.96. The minimum atomic E-state index is -0.155. The normalized spacial score (nSPS) is 15.3. The molecule has 2 aromatic rings. The van der Waals surface area contributed by atoms with Gasteiger partial charge in [0.15, 0.2) is 5.15 Å². The molecule has 5 nitrogen and oxygen atoms in total. The number of benzene rings is 1. The molecule has 23 heavy (non-hydrogen) atoms. The van der Waals surface area contributed by atoms with Gasteiger partial charge < -0.3 is 15.0 Å². The Hall–Kier alpha value is -2.27. The summed E-state index contributed by atoms with van der Waals surface area (Å²) in [5, 5.41) is 3.09. The van der Waals surface area contributed by atoms with Crippen LogP contribution in [-0.4, -0.2) is 35.1 Å². The molecular weight excluding hydrogens is 314 g/mol. The second-order valence-electron chi connectivity index (χ2n) is 5.39. The topological polar surface area (TPSA) is 54.5 Å². The molecule has 3 rings (SSSR count). The molecule has 1 N–H and O–H groups in total. The quantitative estimate of drug-likeness (QED) is 0.870. The number of rotatable bonds is 3. The zero-order valence-electron chi connectivity index (χ0n) is 12.6. The summed E-state index contributed by atoms with van der Waals surface area (Å²) in [7, 11) is 0. The number of pyridine rings is 1. The van der Waals surface area contributed by atoms with Gasteiger partial charge in [-0.25, -0.2) is 9.78 Å². The first-order valence-corrected chi connectivity index (χ1v) is 7.98. The van der Waals surface area contributed by atoms with Crippen molar-refractivity contribution < 1.29 is 9.53 Å². The number of nitrogens with zero attached hydrogens (tertiary/aromatic N) is 2. The number of carbonyl (C=O) groups excluding carboxylic acids is 1. The average Bonchev–Trinajstić information content (AvgIpc) is 2.58. The third kappa shape index (κ3) is 4.13. The molecule has 2 amide bonds. The van der Waals surface area contributed by atoms with Crippen LogP contribution in [0.1, 0.15) is 12.8 Å². The van der Waals surface area contributed by atoms with Crippen LogP contribution in [0.3, 0.4) is 0 Å². The molecule has 0 radical (unpaired) electrons. The molecule has 2 heterocycles. The number of carbonyl (C=O) groups is 1. The van der Waals surface area contributed by atoms with Crippen molar-refractivity contribution in [2.24, 2.45) is 0 Å². The standard InChI is InChI=1S/C17H18ClN3O2/c18-16-15(7-4-10-19-16)20-17(22)21-11-8-14(9-12-21)23-13-5-2-1-3-6-13/h1-7,10,14H,8-9,11-12H2,(H,20,22). The van der Waals surface area contributed by atoms with E-state index in [9.17, 15) is 4.79 Å². The van der Waals surface area contributed by atoms with Gasteiger partial charge in [-0.3, -0.25) is 0 Å². The van der Waals surface area contributed by atoms with E-state index < -0.39 is 0 Å². The van der Waals surface area contributed by atoms with Gasteiger partial charge in [-0.15, -0.1) is 0 Å². The Kier molecular flexibility index (Phi) is 4.98. The first-order chi connectivity index (χ1) is 11.2. The first-order valence-electron chi connectivity index (χ1n) is 7.60. The third-order valence-corrected chi connectivity index (χ3v) is 4.08. The molecule has 0 bridgehead atoms. The van der Waals surface area contributed by atoms with Gasteiger partial charge in [0, 0.05) is 32.1 Å². The zero-order chi connectivity index (χ0) is 16.1. The van der Waals surface area contributed by atoms with Crippen LogP contribution in [0, 0.1) is 0 Å². The van der Waals surface area contributed by atoms with Crippen LogP contribution in [0.4, 0.5) is 10.5 Å². The number of aromatic nitrogens is 1. The van der Waals surface area contributed by atoms with Crippen LogP contribution in [0.15, 0.2) is 48.7 Å². The maximum atomic E-state index is 12.3. The molecule has 1 saturated heterocycles. The number of halogens is 1. The second kappa shape index (κ2) is 7.33. The molecule has 1 aliphatic heterocycles. The van der Waals surface area contributed by atoms with E-state index in [4.69, 9.17) is 16.3 Å². The smallest absolute Gasteiger partial charge is 0.321 e. The molecule has 120 valence electrons. The molecule has 0 unspecified atom stereocenters. The molecule has 1 aliphatic rings. The van der Waals surface area contributed by atoms with Gasteiger partial charge in [-0.05, 0) is 24.3 Å². The van der Waals surface area contributed by atoms with Crippen molar-refractivity contribution in [1.82, 2.24) is 9.88 Å². The fourth-order valence-electron chi connectivity index (χ4n) is 2.54. The maximum absolute atomic E-state index is 12.3. The lowest BCUT2D eigenvalue weighted by atomic mass is 10.1. The lowest BCUT2D eigenvalue weighted by Crippen LogP contribution is -2.43. The van der Waals surface area contributed by atoms with Gasteiger partial charge in [0.2, 0.25) is 0 Å². The van der Waals surface area contributed by atoms with Gasteiger partial charge in [0.25, 0.3) is 0 Å². The van der Waals surface area contributed by atoms with Crippen LogP contribution in [0.5, 0.6) is 5.75 Å². The molecule has 0 spiro atoms. The van der Waals surface area contributed by atoms with E-state index in [1.54, 1.807) is 23.2 Å². The van der Waals surface area contributed by atoms with Crippen molar-refractivity contribution in [3.63, 3.8) is 0 Å². The van der Waals surface area contributed by atoms with Gasteiger partial charge in [0.1, 0.15) is 11.9 Å². The Morgan fingerprint density at radius 2 is 1.91 bits per heavy atom. The van der Waals surface area contributed by atoms with Gasteiger partial charge in [0.05, 0.1) is 5.69 Å². The molecule has 1 fully saturated rings. The Balaban J connectivity index is 1.50.